The molecule has 0 N–H and O–H groups in total. The van der Waals surface area contributed by atoms with Gasteiger partial charge in [0.25, 0.3) is 0 Å². The first-order valence-electron chi connectivity index (χ1n) is 8.07. The van der Waals surface area contributed by atoms with E-state index >= 15 is 0 Å². The van der Waals surface area contributed by atoms with Gasteiger partial charge < -0.3 is 9.64 Å². The van der Waals surface area contributed by atoms with E-state index in [1.807, 2.05) is 31.3 Å². The van der Waals surface area contributed by atoms with Crippen LogP contribution in [0, 0.1) is 12.8 Å². The molecule has 1 aromatic rings. The van der Waals surface area contributed by atoms with Gasteiger partial charge in [-0.1, -0.05) is 6.92 Å². The number of aromatic nitrogens is 1. The molecule has 0 aliphatic heterocycles. The third kappa shape index (κ3) is 4.70. The highest BCUT2D eigenvalue weighted by molar-refractivity contribution is 9.10. The summed E-state index contributed by atoms with van der Waals surface area (Å²) in [7, 11) is 2.00. The van der Waals surface area contributed by atoms with Gasteiger partial charge in [0.1, 0.15) is 6.10 Å². The van der Waals surface area contributed by atoms with E-state index in [1.165, 1.54) is 12.8 Å². The molecule has 22 heavy (non-hydrogen) atoms. The Labute approximate surface area is 142 Å². The van der Waals surface area contributed by atoms with Gasteiger partial charge >= 0.3 is 0 Å². The second-order valence-electron chi connectivity index (χ2n) is 6.20. The van der Waals surface area contributed by atoms with E-state index in [9.17, 15) is 0 Å². The highest BCUT2D eigenvalue weighted by Gasteiger charge is 2.21. The largest absolute Gasteiger partial charge is 0.474 e. The van der Waals surface area contributed by atoms with Crippen molar-refractivity contribution < 1.29 is 4.74 Å². The number of hydrogen-bond donors (Lipinski definition) is 0. The molecule has 0 atom stereocenters. The summed E-state index contributed by atoms with van der Waals surface area (Å²) >= 11 is 3.57. The SMILES string of the molecule is CCN(C)/C=N/c1cc(Br)c(OC2CCC(C)CC2)nc1C. The Morgan fingerprint density at radius 1 is 1.41 bits per heavy atom. The molecule has 0 saturated heterocycles. The summed E-state index contributed by atoms with van der Waals surface area (Å²) in [5.41, 5.74) is 1.76. The molecule has 5 heteroatoms. The van der Waals surface area contributed by atoms with Gasteiger partial charge in [-0.05, 0) is 67.4 Å². The highest BCUT2D eigenvalue weighted by atomic mass is 79.9. The van der Waals surface area contributed by atoms with Crippen LogP contribution in [-0.2, 0) is 0 Å². The zero-order chi connectivity index (χ0) is 16.1. The van der Waals surface area contributed by atoms with Crippen LogP contribution in [-0.4, -0.2) is 35.9 Å². The molecule has 1 aromatic heterocycles. The van der Waals surface area contributed by atoms with Crippen LogP contribution in [0.5, 0.6) is 5.88 Å². The molecule has 1 aliphatic rings. The van der Waals surface area contributed by atoms with Crippen LogP contribution >= 0.6 is 15.9 Å². The second-order valence-corrected chi connectivity index (χ2v) is 7.05. The van der Waals surface area contributed by atoms with Crippen molar-refractivity contribution in [1.82, 2.24) is 9.88 Å². The van der Waals surface area contributed by atoms with Gasteiger partial charge in [-0.15, -0.1) is 0 Å². The first kappa shape index (κ1) is 17.3. The second kappa shape index (κ2) is 7.95. The van der Waals surface area contributed by atoms with Gasteiger partial charge in [-0.2, -0.15) is 0 Å². The highest BCUT2D eigenvalue weighted by Crippen LogP contribution is 2.33. The van der Waals surface area contributed by atoms with Gasteiger partial charge in [0.2, 0.25) is 5.88 Å². The minimum Gasteiger partial charge on any atom is -0.474 e. The Morgan fingerprint density at radius 2 is 2.09 bits per heavy atom. The summed E-state index contributed by atoms with van der Waals surface area (Å²) in [6.07, 6.45) is 6.85. The predicted octanol–water partition coefficient (Wildman–Crippen LogP) is 4.72. The van der Waals surface area contributed by atoms with E-state index in [-0.39, 0.29) is 0 Å². The normalized spacial score (nSPS) is 22.0. The topological polar surface area (TPSA) is 37.7 Å². The van der Waals surface area contributed by atoms with Crippen molar-refractivity contribution in [2.75, 3.05) is 13.6 Å². The molecule has 1 aliphatic carbocycles. The van der Waals surface area contributed by atoms with Crippen molar-refractivity contribution in [3.8, 4) is 5.88 Å². The summed E-state index contributed by atoms with van der Waals surface area (Å²) in [6.45, 7) is 7.31. The fourth-order valence-electron chi connectivity index (χ4n) is 2.51. The molecule has 1 saturated carbocycles. The Morgan fingerprint density at radius 3 is 2.73 bits per heavy atom. The summed E-state index contributed by atoms with van der Waals surface area (Å²) in [5.74, 6) is 1.52. The van der Waals surface area contributed by atoms with Gasteiger partial charge in [-0.25, -0.2) is 9.98 Å². The van der Waals surface area contributed by atoms with Gasteiger partial charge in [0, 0.05) is 13.6 Å². The number of halogens is 1. The van der Waals surface area contributed by atoms with Crippen molar-refractivity contribution in [2.24, 2.45) is 10.9 Å². The van der Waals surface area contributed by atoms with Crippen molar-refractivity contribution in [2.45, 2.75) is 52.6 Å². The van der Waals surface area contributed by atoms with E-state index in [2.05, 4.69) is 39.8 Å². The molecule has 0 amide bonds. The summed E-state index contributed by atoms with van der Waals surface area (Å²) in [6, 6.07) is 1.99. The average Bonchev–Trinajstić information content (AvgIpc) is 2.51. The zero-order valence-electron chi connectivity index (χ0n) is 14.0. The number of pyridine rings is 1. The molecular weight excluding hydrogens is 342 g/mol. The Kier molecular flexibility index (Phi) is 6.24. The summed E-state index contributed by atoms with van der Waals surface area (Å²) < 4.78 is 6.97. The molecule has 4 nitrogen and oxygen atoms in total. The lowest BCUT2D eigenvalue weighted by molar-refractivity contribution is 0.129. The van der Waals surface area contributed by atoms with E-state index in [0.717, 1.165) is 41.2 Å². The number of aryl methyl sites for hydroxylation is 1. The van der Waals surface area contributed by atoms with Crippen molar-refractivity contribution in [3.63, 3.8) is 0 Å². The lowest BCUT2D eigenvalue weighted by Crippen LogP contribution is -2.23. The van der Waals surface area contributed by atoms with Crippen LogP contribution in [0.1, 0.15) is 45.2 Å². The van der Waals surface area contributed by atoms with E-state index in [1.54, 1.807) is 0 Å². The number of ether oxygens (including phenoxy) is 1. The molecular formula is C17H26BrN3O. The summed E-state index contributed by atoms with van der Waals surface area (Å²) in [5, 5.41) is 0. The maximum atomic E-state index is 6.10. The number of nitrogens with zero attached hydrogens (tertiary/aromatic N) is 3. The molecule has 0 bridgehead atoms. The standard InChI is InChI=1S/C17H26BrN3O/c1-5-21(4)11-19-16-10-15(18)17(20-13(16)3)22-14-8-6-12(2)7-9-14/h10-12,14H,5-9H2,1-4H3/b19-11+. The fourth-order valence-corrected chi connectivity index (χ4v) is 2.91. The third-order valence-electron chi connectivity index (χ3n) is 4.24. The maximum absolute atomic E-state index is 6.10. The van der Waals surface area contributed by atoms with Gasteiger partial charge in [0.15, 0.2) is 0 Å². The molecule has 2 rings (SSSR count). The minimum atomic E-state index is 0.292. The Hall–Kier alpha value is -1.10. The van der Waals surface area contributed by atoms with Crippen LogP contribution in [0.4, 0.5) is 5.69 Å². The van der Waals surface area contributed by atoms with E-state index in [4.69, 9.17) is 4.74 Å². The first-order valence-corrected chi connectivity index (χ1v) is 8.87. The maximum Gasteiger partial charge on any atom is 0.228 e. The molecule has 1 heterocycles. The zero-order valence-corrected chi connectivity index (χ0v) is 15.6. The number of hydrogen-bond acceptors (Lipinski definition) is 3. The van der Waals surface area contributed by atoms with Crippen molar-refractivity contribution >= 4 is 28.0 Å². The number of rotatable bonds is 5. The lowest BCUT2D eigenvalue weighted by Gasteiger charge is -2.26. The third-order valence-corrected chi connectivity index (χ3v) is 4.81. The molecule has 0 aromatic carbocycles. The van der Waals surface area contributed by atoms with Crippen LogP contribution < -0.4 is 4.74 Å². The Bertz CT molecular complexity index is 525. The lowest BCUT2D eigenvalue weighted by atomic mass is 9.89. The monoisotopic (exact) mass is 367 g/mol. The minimum absolute atomic E-state index is 0.292. The van der Waals surface area contributed by atoms with Gasteiger partial charge in [0.05, 0.1) is 22.2 Å². The van der Waals surface area contributed by atoms with Crippen LogP contribution in [0.3, 0.4) is 0 Å². The smallest absolute Gasteiger partial charge is 0.228 e. The number of aliphatic imine (C=N–C) groups is 1. The van der Waals surface area contributed by atoms with Crippen LogP contribution in [0.15, 0.2) is 15.5 Å². The van der Waals surface area contributed by atoms with E-state index in [0.29, 0.717) is 12.0 Å². The van der Waals surface area contributed by atoms with Crippen LogP contribution in [0.25, 0.3) is 0 Å². The summed E-state index contributed by atoms with van der Waals surface area (Å²) in [4.78, 5) is 11.1. The van der Waals surface area contributed by atoms with E-state index < -0.39 is 0 Å². The quantitative estimate of drug-likeness (QED) is 0.557. The molecule has 1 fully saturated rings. The molecule has 0 radical (unpaired) electrons. The van der Waals surface area contributed by atoms with Crippen molar-refractivity contribution in [3.05, 3.63) is 16.2 Å². The Balaban J connectivity index is 2.07. The average molecular weight is 368 g/mol. The van der Waals surface area contributed by atoms with Gasteiger partial charge in [-0.3, -0.25) is 0 Å². The van der Waals surface area contributed by atoms with Crippen molar-refractivity contribution in [1.29, 1.82) is 0 Å². The molecule has 0 unspecified atom stereocenters. The molecule has 122 valence electrons. The molecule has 0 spiro atoms. The first-order chi connectivity index (χ1) is 10.5. The predicted molar refractivity (Wildman–Crippen MR) is 95.2 cm³/mol. The fraction of sp³-hybridized carbons (Fsp3) is 0.647. The van der Waals surface area contributed by atoms with Crippen LogP contribution in [0.2, 0.25) is 0 Å².